The molecule has 0 aromatic heterocycles. The maximum absolute atomic E-state index is 14.6. The minimum absolute atomic E-state index is 0.00573. The zero-order chi connectivity index (χ0) is 57.5. The molecule has 13 fully saturated rings. The van der Waals surface area contributed by atoms with E-state index in [9.17, 15) is 14.7 Å². The van der Waals surface area contributed by atoms with Crippen molar-refractivity contribution in [3.05, 3.63) is 24.3 Å². The molecule has 13 saturated heterocycles. The van der Waals surface area contributed by atoms with Gasteiger partial charge in [0.25, 0.3) is 0 Å². The number of carbonyl (C=O) groups excluding carboxylic acids is 2. The lowest BCUT2D eigenvalue weighted by molar-refractivity contribution is -0.293. The fourth-order valence-corrected chi connectivity index (χ4v) is 17.6. The van der Waals surface area contributed by atoms with E-state index in [2.05, 4.69) is 61.6 Å². The number of ether oxygens (including phenoxy) is 14. The van der Waals surface area contributed by atoms with Crippen LogP contribution in [0.25, 0.3) is 0 Å². The van der Waals surface area contributed by atoms with E-state index >= 15 is 0 Å². The number of Topliss-reactive ketones (excluding diaryl/α,β-unsaturated/α-hetero) is 1. The quantitative estimate of drug-likeness (QED) is 0.129. The highest BCUT2D eigenvalue weighted by atomic mass is 16.8. The van der Waals surface area contributed by atoms with E-state index in [0.29, 0.717) is 62.7 Å². The molecule has 0 saturated carbocycles. The molecule has 0 aromatic carbocycles. The summed E-state index contributed by atoms with van der Waals surface area (Å²) in [7, 11) is 3.25. The highest BCUT2D eigenvalue weighted by molar-refractivity contribution is 5.79. The molecule has 31 atom stereocenters. The van der Waals surface area contributed by atoms with Crippen LogP contribution in [0.2, 0.25) is 0 Å². The molecule has 17 heteroatoms. The molecule has 13 rings (SSSR count). The molecule has 1 N–H and O–H groups in total. The molecule has 31 unspecified atom stereocenters. The summed E-state index contributed by atoms with van der Waals surface area (Å²) in [5.41, 5.74) is 2.12. The number of carbonyl (C=O) groups is 2. The van der Waals surface area contributed by atoms with Crippen LogP contribution in [0.15, 0.2) is 24.3 Å². The number of ketones is 1. The summed E-state index contributed by atoms with van der Waals surface area (Å²) in [6.45, 7) is 24.6. The lowest BCUT2D eigenvalue weighted by atomic mass is 9.79. The van der Waals surface area contributed by atoms with Crippen LogP contribution in [-0.2, 0) is 75.9 Å². The predicted octanol–water partition coefficient (Wildman–Crippen LogP) is 8.63. The molecule has 462 valence electrons. The first-order valence-electron chi connectivity index (χ1n) is 32.4. The van der Waals surface area contributed by atoms with E-state index in [0.717, 1.165) is 62.5 Å². The van der Waals surface area contributed by atoms with Crippen molar-refractivity contribution in [2.75, 3.05) is 14.2 Å². The van der Waals surface area contributed by atoms with Crippen molar-refractivity contribution in [2.24, 2.45) is 35.5 Å². The molecular weight excluding hydrogens is 1050 g/mol. The lowest BCUT2D eigenvalue weighted by Crippen LogP contribution is -2.62. The molecule has 0 radical (unpaired) electrons. The Morgan fingerprint density at radius 1 is 0.695 bits per heavy atom. The van der Waals surface area contributed by atoms with Crippen LogP contribution in [0.1, 0.15) is 170 Å². The van der Waals surface area contributed by atoms with Crippen molar-refractivity contribution in [1.82, 2.24) is 0 Å². The number of methoxy groups -OCH3 is 2. The van der Waals surface area contributed by atoms with E-state index < -0.39 is 72.9 Å². The minimum atomic E-state index is -1.03. The monoisotopic (exact) mass is 1150 g/mol. The van der Waals surface area contributed by atoms with Gasteiger partial charge in [0.15, 0.2) is 5.79 Å². The number of esters is 1. The summed E-state index contributed by atoms with van der Waals surface area (Å²) in [4.78, 5) is 28.7. The molecule has 0 aromatic rings. The summed E-state index contributed by atoms with van der Waals surface area (Å²) in [6.07, 6.45) is 4.89. The zero-order valence-corrected chi connectivity index (χ0v) is 50.6. The summed E-state index contributed by atoms with van der Waals surface area (Å²) in [5.74, 6) is -0.0995. The molecule has 82 heavy (non-hydrogen) atoms. The second kappa shape index (κ2) is 24.9. The van der Waals surface area contributed by atoms with E-state index in [1.54, 1.807) is 14.2 Å². The first kappa shape index (κ1) is 60.3. The third-order valence-corrected chi connectivity index (χ3v) is 22.2. The summed E-state index contributed by atoms with van der Waals surface area (Å²) in [5, 5.41) is 11.8. The number of hydrogen-bond acceptors (Lipinski definition) is 17. The van der Waals surface area contributed by atoms with Gasteiger partial charge in [-0.25, -0.2) is 0 Å². The number of aliphatic hydroxyl groups is 1. The fraction of sp³-hybridized carbons (Fsp3) is 0.908. The maximum atomic E-state index is 14.6. The second-order valence-corrected chi connectivity index (χ2v) is 28.2. The van der Waals surface area contributed by atoms with Crippen molar-refractivity contribution in [3.63, 3.8) is 0 Å². The average Bonchev–Trinajstić information content (AvgIpc) is 1.75. The molecule has 13 aliphatic rings. The van der Waals surface area contributed by atoms with Crippen molar-refractivity contribution < 1.29 is 81.0 Å². The molecule has 1 spiro atoms. The Labute approximate surface area is 487 Å². The Morgan fingerprint density at radius 3 is 2.22 bits per heavy atom. The van der Waals surface area contributed by atoms with Gasteiger partial charge in [-0.3, -0.25) is 9.59 Å². The van der Waals surface area contributed by atoms with Crippen LogP contribution in [0.4, 0.5) is 0 Å². The maximum Gasteiger partial charge on any atom is 0.308 e. The van der Waals surface area contributed by atoms with E-state index in [1.807, 2.05) is 0 Å². The van der Waals surface area contributed by atoms with Gasteiger partial charge in [0.1, 0.15) is 42.4 Å². The van der Waals surface area contributed by atoms with E-state index in [4.69, 9.17) is 66.3 Å². The van der Waals surface area contributed by atoms with Gasteiger partial charge in [0.05, 0.1) is 116 Å². The normalized spacial score (nSPS) is 49.1. The smallest absolute Gasteiger partial charge is 0.308 e. The zero-order valence-electron chi connectivity index (χ0n) is 50.6. The van der Waals surface area contributed by atoms with Gasteiger partial charge in [0.2, 0.25) is 0 Å². The molecule has 0 aliphatic carbocycles. The average molecular weight is 1150 g/mol. The predicted molar refractivity (Wildman–Crippen MR) is 300 cm³/mol. The molecule has 13 heterocycles. The molecule has 17 nitrogen and oxygen atoms in total. The Morgan fingerprint density at radius 2 is 1.43 bits per heavy atom. The highest BCUT2D eigenvalue weighted by Crippen LogP contribution is 2.55. The first-order chi connectivity index (χ1) is 39.4. The molecule has 0 amide bonds. The fourth-order valence-electron chi connectivity index (χ4n) is 17.6. The number of aliphatic hydroxyl groups excluding tert-OH is 1. The summed E-state index contributed by atoms with van der Waals surface area (Å²) in [6, 6.07) is 0. The SMILES string of the molecule is C=C1CC2CCC34CC5OC6C(OC7CCC(CC(=O)OC8C(CC9OC(CCC1O2)CC(C)C9=C)OC1CC(OC)C(CC(=O)CC(O)C(OC)C(C)CC2CC(C)C9OC(C(C)CC(C)CC)CC9O2)OC1C8C)OC7C6O3)C5O4. The van der Waals surface area contributed by atoms with Crippen LogP contribution < -0.4 is 0 Å². The third kappa shape index (κ3) is 12.2. The molecule has 12 bridgehead atoms. The Kier molecular flexibility index (Phi) is 18.3. The highest BCUT2D eigenvalue weighted by Gasteiger charge is 2.69. The van der Waals surface area contributed by atoms with Crippen LogP contribution in [-0.4, -0.2) is 183 Å². The van der Waals surface area contributed by atoms with Gasteiger partial charge in [-0.15, -0.1) is 0 Å². The largest absolute Gasteiger partial charge is 0.459 e. The van der Waals surface area contributed by atoms with Crippen LogP contribution in [0.5, 0.6) is 0 Å². The molecular formula is C65H100O17. The number of rotatable bonds is 14. The van der Waals surface area contributed by atoms with Gasteiger partial charge >= 0.3 is 5.97 Å². The van der Waals surface area contributed by atoms with Crippen molar-refractivity contribution >= 4 is 11.8 Å². The van der Waals surface area contributed by atoms with Gasteiger partial charge in [-0.2, -0.15) is 0 Å². The Bertz CT molecular complexity index is 2270. The first-order valence-corrected chi connectivity index (χ1v) is 32.4. The van der Waals surface area contributed by atoms with Gasteiger partial charge in [-0.1, -0.05) is 68.0 Å². The topological polar surface area (TPSA) is 184 Å². The van der Waals surface area contributed by atoms with E-state index in [-0.39, 0.29) is 128 Å². The van der Waals surface area contributed by atoms with Gasteiger partial charge in [0, 0.05) is 65.1 Å². The number of hydrogen-bond donors (Lipinski definition) is 1. The van der Waals surface area contributed by atoms with Crippen molar-refractivity contribution in [3.8, 4) is 0 Å². The van der Waals surface area contributed by atoms with Gasteiger partial charge in [-0.05, 0) is 105 Å². The standard InChI is InChI=1S/C65H100O17/c1-12-31(2)19-33(4)47-27-51-57(77-47)36(7)23-43(73-51)22-35(6)56(70-11)44(67)24-39(66)25-50-49(69-10)29-53-58(78-50)38(9)59-52(75-53)28-48-37(8)32(3)20-40(72-48)13-15-45-34(5)21-42(71-45)17-18-65-30-54-61(81-65)62-63(79-54)64(82-65)60-46(76-62)16-14-41(74-60)26-55(68)80-59/h31-33,35-36,38,40-54,56-64,67H,5,8,12-30H2,1-4,6-7,9-11H3. The Hall–Kier alpha value is -1.94. The summed E-state index contributed by atoms with van der Waals surface area (Å²) < 4.78 is 94.2. The van der Waals surface area contributed by atoms with Crippen LogP contribution in [0.3, 0.4) is 0 Å². The molecule has 13 aliphatic heterocycles. The van der Waals surface area contributed by atoms with Crippen LogP contribution in [0, 0.1) is 35.5 Å². The lowest BCUT2D eigenvalue weighted by Gasteiger charge is -2.51. The third-order valence-electron chi connectivity index (χ3n) is 22.2. The second-order valence-electron chi connectivity index (χ2n) is 28.2. The van der Waals surface area contributed by atoms with Crippen molar-refractivity contribution in [2.45, 2.75) is 323 Å². The van der Waals surface area contributed by atoms with E-state index in [1.165, 1.54) is 6.42 Å². The van der Waals surface area contributed by atoms with Crippen LogP contribution >= 0.6 is 0 Å². The van der Waals surface area contributed by atoms with Crippen molar-refractivity contribution in [1.29, 1.82) is 0 Å². The Balaban J connectivity index is 0.717. The number of fused-ring (bicyclic) bond motifs is 8. The van der Waals surface area contributed by atoms with Gasteiger partial charge < -0.3 is 71.4 Å². The minimum Gasteiger partial charge on any atom is -0.459 e. The summed E-state index contributed by atoms with van der Waals surface area (Å²) >= 11 is 0.